The highest BCUT2D eigenvalue weighted by molar-refractivity contribution is 8.19. The largest absolute Gasteiger partial charge is 0.493 e. The minimum Gasteiger partial charge on any atom is -0.493 e. The number of benzene rings is 2. The highest BCUT2D eigenvalue weighted by atomic mass is 35.5. The fraction of sp³-hybridized carbons (Fsp3) is 0.238. The molecule has 6 heteroatoms. The van der Waals surface area contributed by atoms with Crippen LogP contribution in [0.15, 0.2) is 52.4 Å². The van der Waals surface area contributed by atoms with Gasteiger partial charge in [0.2, 0.25) is 0 Å². The number of fused-ring (bicyclic) bond motifs is 1. The van der Waals surface area contributed by atoms with Gasteiger partial charge in [0.25, 0.3) is 5.91 Å². The van der Waals surface area contributed by atoms with Gasteiger partial charge in [0.15, 0.2) is 5.17 Å². The molecule has 0 radical (unpaired) electrons. The molecule has 0 bridgehead atoms. The Bertz CT molecular complexity index is 968. The van der Waals surface area contributed by atoms with E-state index in [2.05, 4.69) is 11.1 Å². The lowest BCUT2D eigenvalue weighted by atomic mass is 10.1. The van der Waals surface area contributed by atoms with Crippen molar-refractivity contribution in [2.24, 2.45) is 4.99 Å². The predicted molar refractivity (Wildman–Crippen MR) is 113 cm³/mol. The third-order valence-corrected chi connectivity index (χ3v) is 5.47. The molecule has 1 fully saturated rings. The van der Waals surface area contributed by atoms with Crippen LogP contribution in [-0.4, -0.2) is 23.7 Å². The summed E-state index contributed by atoms with van der Waals surface area (Å²) in [6.45, 7) is 4.71. The van der Waals surface area contributed by atoms with Gasteiger partial charge >= 0.3 is 0 Å². The SMILES string of the molecule is CC(C)/N=C1\S/C(=C\c2ccc3c(c2)CCO3)C(=O)N1c1cccc(Cl)c1. The van der Waals surface area contributed by atoms with Crippen LogP contribution >= 0.6 is 23.4 Å². The molecule has 0 aromatic heterocycles. The van der Waals surface area contributed by atoms with Gasteiger partial charge in [-0.2, -0.15) is 0 Å². The number of rotatable bonds is 3. The Balaban J connectivity index is 1.72. The maximum atomic E-state index is 13.1. The summed E-state index contributed by atoms with van der Waals surface area (Å²) >= 11 is 7.53. The Morgan fingerprint density at radius 2 is 2.11 bits per heavy atom. The first kappa shape index (κ1) is 18.1. The van der Waals surface area contributed by atoms with E-state index in [9.17, 15) is 4.79 Å². The van der Waals surface area contributed by atoms with Gasteiger partial charge in [-0.15, -0.1) is 0 Å². The number of hydrogen-bond acceptors (Lipinski definition) is 4. The van der Waals surface area contributed by atoms with Crippen molar-refractivity contribution in [2.75, 3.05) is 11.5 Å². The highest BCUT2D eigenvalue weighted by Crippen LogP contribution is 2.37. The van der Waals surface area contributed by atoms with Gasteiger partial charge in [0.1, 0.15) is 5.75 Å². The minimum atomic E-state index is -0.0848. The number of ether oxygens (including phenoxy) is 1. The molecule has 0 unspecified atom stereocenters. The quantitative estimate of drug-likeness (QED) is 0.670. The summed E-state index contributed by atoms with van der Waals surface area (Å²) in [7, 11) is 0. The molecule has 2 aliphatic heterocycles. The van der Waals surface area contributed by atoms with Gasteiger partial charge in [-0.25, -0.2) is 0 Å². The summed E-state index contributed by atoms with van der Waals surface area (Å²) in [6, 6.07) is 13.4. The van der Waals surface area contributed by atoms with Crippen LogP contribution in [0.25, 0.3) is 6.08 Å². The second kappa shape index (κ2) is 7.41. The number of amides is 1. The molecule has 27 heavy (non-hydrogen) atoms. The molecule has 2 heterocycles. The molecule has 2 aromatic rings. The molecule has 0 spiro atoms. The summed E-state index contributed by atoms with van der Waals surface area (Å²) in [4.78, 5) is 20.1. The van der Waals surface area contributed by atoms with Crippen molar-refractivity contribution in [3.8, 4) is 5.75 Å². The topological polar surface area (TPSA) is 41.9 Å². The first-order chi connectivity index (χ1) is 13.0. The Hall–Kier alpha value is -2.24. The third-order valence-electron chi connectivity index (χ3n) is 4.25. The van der Waals surface area contributed by atoms with Gasteiger partial charge in [-0.05, 0) is 73.1 Å². The Kier molecular flexibility index (Phi) is 4.98. The first-order valence-electron chi connectivity index (χ1n) is 8.84. The number of anilines is 1. The number of amidine groups is 1. The molecule has 2 aromatic carbocycles. The van der Waals surface area contributed by atoms with Crippen LogP contribution in [0.2, 0.25) is 5.02 Å². The van der Waals surface area contributed by atoms with E-state index in [0.717, 1.165) is 30.0 Å². The maximum absolute atomic E-state index is 13.1. The standard InChI is InChI=1S/C21H19ClN2O2S/c1-13(2)23-21-24(17-5-3-4-16(22)12-17)20(25)19(27-21)11-14-6-7-18-15(10-14)8-9-26-18/h3-7,10-13H,8-9H2,1-2H3/b19-11-,23-21-. The molecule has 0 aliphatic carbocycles. The van der Waals surface area contributed by atoms with Crippen LogP contribution in [0.1, 0.15) is 25.0 Å². The molecule has 1 saturated heterocycles. The average Bonchev–Trinajstić information content (AvgIpc) is 3.19. The van der Waals surface area contributed by atoms with Crippen LogP contribution in [0, 0.1) is 0 Å². The van der Waals surface area contributed by atoms with Gasteiger partial charge in [-0.1, -0.05) is 23.7 Å². The van der Waals surface area contributed by atoms with E-state index in [1.54, 1.807) is 17.0 Å². The van der Waals surface area contributed by atoms with Gasteiger partial charge < -0.3 is 4.74 Å². The molecular formula is C21H19ClN2O2S. The van der Waals surface area contributed by atoms with Crippen molar-refractivity contribution in [3.63, 3.8) is 0 Å². The third kappa shape index (κ3) is 3.75. The molecule has 138 valence electrons. The summed E-state index contributed by atoms with van der Waals surface area (Å²) < 4.78 is 5.56. The van der Waals surface area contributed by atoms with Crippen molar-refractivity contribution in [1.82, 2.24) is 0 Å². The van der Waals surface area contributed by atoms with Crippen LogP contribution in [-0.2, 0) is 11.2 Å². The number of thioether (sulfide) groups is 1. The van der Waals surface area contributed by atoms with E-state index in [-0.39, 0.29) is 11.9 Å². The number of hydrogen-bond donors (Lipinski definition) is 0. The summed E-state index contributed by atoms with van der Waals surface area (Å²) in [6.07, 6.45) is 2.83. The number of nitrogens with zero attached hydrogens (tertiary/aromatic N) is 2. The Labute approximate surface area is 167 Å². The predicted octanol–water partition coefficient (Wildman–Crippen LogP) is 5.16. The van der Waals surface area contributed by atoms with Crippen molar-refractivity contribution in [1.29, 1.82) is 0 Å². The van der Waals surface area contributed by atoms with Crippen molar-refractivity contribution >= 4 is 46.2 Å². The van der Waals surface area contributed by atoms with E-state index in [1.165, 1.54) is 17.3 Å². The van der Waals surface area contributed by atoms with Crippen molar-refractivity contribution in [2.45, 2.75) is 26.3 Å². The zero-order valence-corrected chi connectivity index (χ0v) is 16.7. The average molecular weight is 399 g/mol. The summed E-state index contributed by atoms with van der Waals surface area (Å²) in [5, 5.41) is 1.26. The van der Waals surface area contributed by atoms with Gasteiger partial charge in [-0.3, -0.25) is 14.7 Å². The van der Waals surface area contributed by atoms with E-state index < -0.39 is 0 Å². The Morgan fingerprint density at radius 1 is 1.26 bits per heavy atom. The number of carbonyl (C=O) groups excluding carboxylic acids is 1. The molecule has 0 N–H and O–H groups in total. The van der Waals surface area contributed by atoms with Crippen molar-refractivity contribution in [3.05, 3.63) is 63.5 Å². The smallest absolute Gasteiger partial charge is 0.271 e. The molecule has 4 nitrogen and oxygen atoms in total. The van der Waals surface area contributed by atoms with Gasteiger partial charge in [0, 0.05) is 17.5 Å². The van der Waals surface area contributed by atoms with E-state index in [1.807, 2.05) is 44.2 Å². The highest BCUT2D eigenvalue weighted by Gasteiger charge is 2.35. The fourth-order valence-corrected chi connectivity index (χ4v) is 4.37. The fourth-order valence-electron chi connectivity index (χ4n) is 3.07. The second-order valence-corrected chi connectivity index (χ2v) is 8.15. The summed E-state index contributed by atoms with van der Waals surface area (Å²) in [5.74, 6) is 0.851. The van der Waals surface area contributed by atoms with Gasteiger partial charge in [0.05, 0.1) is 17.2 Å². The Morgan fingerprint density at radius 3 is 2.89 bits per heavy atom. The normalized spacial score (nSPS) is 19.3. The van der Waals surface area contributed by atoms with E-state index in [4.69, 9.17) is 16.3 Å². The zero-order valence-electron chi connectivity index (χ0n) is 15.1. The lowest BCUT2D eigenvalue weighted by molar-refractivity contribution is -0.113. The number of halogens is 1. The zero-order chi connectivity index (χ0) is 19.0. The molecule has 0 atom stereocenters. The lowest BCUT2D eigenvalue weighted by Gasteiger charge is -2.16. The molecular weight excluding hydrogens is 380 g/mol. The van der Waals surface area contributed by atoms with E-state index in [0.29, 0.717) is 15.1 Å². The second-order valence-electron chi connectivity index (χ2n) is 6.70. The molecule has 0 saturated carbocycles. The maximum Gasteiger partial charge on any atom is 0.271 e. The number of carbonyl (C=O) groups is 1. The van der Waals surface area contributed by atoms with Crippen LogP contribution in [0.4, 0.5) is 5.69 Å². The van der Waals surface area contributed by atoms with Crippen LogP contribution < -0.4 is 9.64 Å². The lowest BCUT2D eigenvalue weighted by Crippen LogP contribution is -2.29. The van der Waals surface area contributed by atoms with Crippen LogP contribution in [0.5, 0.6) is 5.75 Å². The van der Waals surface area contributed by atoms with Crippen LogP contribution in [0.3, 0.4) is 0 Å². The molecule has 1 amide bonds. The first-order valence-corrected chi connectivity index (χ1v) is 10.0. The molecule has 2 aliphatic rings. The minimum absolute atomic E-state index is 0.0819. The monoisotopic (exact) mass is 398 g/mol. The van der Waals surface area contributed by atoms with E-state index >= 15 is 0 Å². The molecule has 4 rings (SSSR count). The number of aliphatic imine (C=N–C) groups is 1. The van der Waals surface area contributed by atoms with Crippen molar-refractivity contribution < 1.29 is 9.53 Å². The summed E-state index contributed by atoms with van der Waals surface area (Å²) in [5.41, 5.74) is 2.90.